The summed E-state index contributed by atoms with van der Waals surface area (Å²) in [5.74, 6) is 0.645. The van der Waals surface area contributed by atoms with Gasteiger partial charge in [-0.1, -0.05) is 30.3 Å². The van der Waals surface area contributed by atoms with Crippen LogP contribution in [0.15, 0.2) is 48.1 Å². The number of benzene rings is 1. The minimum Gasteiger partial charge on any atom is -0.353 e. The standard InChI is InChI=1S/C20H22N6O2S/c27-17(24-20(28)21-12-15-4-2-1-3-5-15)13-25-7-9-26(10-8-25)18-16-6-11-29-19(16)23-14-22-18/h1-6,11,14H,7-10,12-13H2,(H2,21,24,27,28). The molecule has 3 amide bonds. The Morgan fingerprint density at radius 2 is 1.83 bits per heavy atom. The topological polar surface area (TPSA) is 90.5 Å². The fourth-order valence-electron chi connectivity index (χ4n) is 3.34. The van der Waals surface area contributed by atoms with E-state index in [1.807, 2.05) is 46.7 Å². The number of imide groups is 1. The fourth-order valence-corrected chi connectivity index (χ4v) is 4.07. The monoisotopic (exact) mass is 410 g/mol. The van der Waals surface area contributed by atoms with E-state index in [-0.39, 0.29) is 12.5 Å². The van der Waals surface area contributed by atoms with Crippen LogP contribution in [0.25, 0.3) is 10.2 Å². The molecule has 9 heteroatoms. The van der Waals surface area contributed by atoms with Gasteiger partial charge in [0.05, 0.1) is 11.9 Å². The van der Waals surface area contributed by atoms with E-state index >= 15 is 0 Å². The summed E-state index contributed by atoms with van der Waals surface area (Å²) >= 11 is 1.60. The van der Waals surface area contributed by atoms with E-state index in [9.17, 15) is 9.59 Å². The van der Waals surface area contributed by atoms with Gasteiger partial charge in [0.15, 0.2) is 0 Å². The van der Waals surface area contributed by atoms with E-state index in [1.54, 1.807) is 17.7 Å². The molecular formula is C20H22N6O2S. The Morgan fingerprint density at radius 1 is 1.03 bits per heavy atom. The van der Waals surface area contributed by atoms with Crippen molar-refractivity contribution in [1.82, 2.24) is 25.5 Å². The Morgan fingerprint density at radius 3 is 2.62 bits per heavy atom. The van der Waals surface area contributed by atoms with E-state index in [2.05, 4.69) is 25.5 Å². The van der Waals surface area contributed by atoms with Gasteiger partial charge in [-0.2, -0.15) is 0 Å². The number of rotatable bonds is 5. The Balaban J connectivity index is 1.22. The summed E-state index contributed by atoms with van der Waals surface area (Å²) in [4.78, 5) is 38.1. The molecule has 3 heterocycles. The quantitative estimate of drug-likeness (QED) is 0.667. The van der Waals surface area contributed by atoms with Crippen LogP contribution in [0.1, 0.15) is 5.56 Å². The number of anilines is 1. The highest BCUT2D eigenvalue weighted by Gasteiger charge is 2.22. The molecule has 0 spiro atoms. The highest BCUT2D eigenvalue weighted by Crippen LogP contribution is 2.27. The molecule has 0 unspecified atom stereocenters. The van der Waals surface area contributed by atoms with Gasteiger partial charge in [0.1, 0.15) is 17.0 Å². The van der Waals surface area contributed by atoms with Crippen molar-refractivity contribution >= 4 is 39.3 Å². The van der Waals surface area contributed by atoms with Crippen LogP contribution in [0.5, 0.6) is 0 Å². The Kier molecular flexibility index (Phi) is 5.97. The third kappa shape index (κ3) is 4.87. The fraction of sp³-hybridized carbons (Fsp3) is 0.300. The summed E-state index contributed by atoms with van der Waals surface area (Å²) < 4.78 is 0. The zero-order chi connectivity index (χ0) is 20.1. The first-order chi connectivity index (χ1) is 14.2. The molecule has 4 rings (SSSR count). The Bertz CT molecular complexity index is 985. The van der Waals surface area contributed by atoms with E-state index in [0.717, 1.165) is 47.8 Å². The average molecular weight is 411 g/mol. The molecule has 0 atom stereocenters. The molecule has 2 N–H and O–H groups in total. The van der Waals surface area contributed by atoms with Crippen molar-refractivity contribution in [3.63, 3.8) is 0 Å². The van der Waals surface area contributed by atoms with Crippen molar-refractivity contribution in [2.24, 2.45) is 0 Å². The maximum atomic E-state index is 12.2. The van der Waals surface area contributed by atoms with Gasteiger partial charge in [-0.15, -0.1) is 11.3 Å². The van der Waals surface area contributed by atoms with Gasteiger partial charge in [-0.25, -0.2) is 14.8 Å². The van der Waals surface area contributed by atoms with E-state index in [4.69, 9.17) is 0 Å². The molecule has 29 heavy (non-hydrogen) atoms. The SMILES string of the molecule is O=C(CN1CCN(c2ncnc3sccc23)CC1)NC(=O)NCc1ccccc1. The Hall–Kier alpha value is -3.04. The van der Waals surface area contributed by atoms with Crippen molar-refractivity contribution < 1.29 is 9.59 Å². The van der Waals surface area contributed by atoms with Crippen LogP contribution in [0.3, 0.4) is 0 Å². The summed E-state index contributed by atoms with van der Waals surface area (Å²) in [5.41, 5.74) is 0.982. The number of hydrogen-bond donors (Lipinski definition) is 2. The van der Waals surface area contributed by atoms with Crippen LogP contribution in [0.2, 0.25) is 0 Å². The van der Waals surface area contributed by atoms with Crippen LogP contribution >= 0.6 is 11.3 Å². The normalized spacial score (nSPS) is 14.7. The zero-order valence-corrected chi connectivity index (χ0v) is 16.7. The first-order valence-corrected chi connectivity index (χ1v) is 10.3. The molecule has 0 saturated carbocycles. The second-order valence-corrected chi connectivity index (χ2v) is 7.71. The van der Waals surface area contributed by atoms with Crippen molar-refractivity contribution in [2.75, 3.05) is 37.6 Å². The van der Waals surface area contributed by atoms with Crippen molar-refractivity contribution in [3.05, 3.63) is 53.7 Å². The molecular weight excluding hydrogens is 388 g/mol. The predicted octanol–water partition coefficient (Wildman–Crippen LogP) is 1.84. The van der Waals surface area contributed by atoms with Gasteiger partial charge >= 0.3 is 6.03 Å². The minimum atomic E-state index is -0.474. The lowest BCUT2D eigenvalue weighted by Crippen LogP contribution is -2.51. The van der Waals surface area contributed by atoms with E-state index in [0.29, 0.717) is 6.54 Å². The number of nitrogens with zero attached hydrogens (tertiary/aromatic N) is 4. The number of aromatic nitrogens is 2. The van der Waals surface area contributed by atoms with Crippen LogP contribution in [0, 0.1) is 0 Å². The maximum Gasteiger partial charge on any atom is 0.321 e. The number of piperazine rings is 1. The minimum absolute atomic E-state index is 0.199. The summed E-state index contributed by atoms with van der Waals surface area (Å²) in [6.45, 7) is 3.59. The number of carbonyl (C=O) groups excluding carboxylic acids is 2. The zero-order valence-electron chi connectivity index (χ0n) is 15.9. The van der Waals surface area contributed by atoms with Crippen molar-refractivity contribution in [2.45, 2.75) is 6.54 Å². The lowest BCUT2D eigenvalue weighted by Gasteiger charge is -2.35. The third-order valence-corrected chi connectivity index (χ3v) is 5.65. The number of carbonyl (C=O) groups is 2. The molecule has 8 nitrogen and oxygen atoms in total. The highest BCUT2D eigenvalue weighted by atomic mass is 32.1. The molecule has 0 aliphatic carbocycles. The highest BCUT2D eigenvalue weighted by molar-refractivity contribution is 7.16. The molecule has 2 aromatic heterocycles. The van der Waals surface area contributed by atoms with Crippen molar-refractivity contribution in [1.29, 1.82) is 0 Å². The second-order valence-electron chi connectivity index (χ2n) is 6.82. The lowest BCUT2D eigenvalue weighted by molar-refractivity contribution is -0.121. The molecule has 1 aliphatic heterocycles. The number of nitrogens with one attached hydrogen (secondary N) is 2. The third-order valence-electron chi connectivity index (χ3n) is 4.83. The molecule has 1 fully saturated rings. The molecule has 1 aliphatic rings. The van der Waals surface area contributed by atoms with Gasteiger partial charge < -0.3 is 10.2 Å². The van der Waals surface area contributed by atoms with Gasteiger partial charge in [0.2, 0.25) is 5.91 Å². The number of urea groups is 1. The van der Waals surface area contributed by atoms with E-state index < -0.39 is 6.03 Å². The van der Waals surface area contributed by atoms with Crippen LogP contribution < -0.4 is 15.5 Å². The van der Waals surface area contributed by atoms with Crippen LogP contribution in [-0.2, 0) is 11.3 Å². The summed E-state index contributed by atoms with van der Waals surface area (Å²) in [6, 6.07) is 11.1. The van der Waals surface area contributed by atoms with Crippen LogP contribution in [-0.4, -0.2) is 59.5 Å². The van der Waals surface area contributed by atoms with Crippen molar-refractivity contribution in [3.8, 4) is 0 Å². The summed E-state index contributed by atoms with van der Waals surface area (Å²) in [5, 5.41) is 8.19. The average Bonchev–Trinajstić information content (AvgIpc) is 3.22. The number of amides is 3. The van der Waals surface area contributed by atoms with Gasteiger partial charge in [-0.3, -0.25) is 15.0 Å². The maximum absolute atomic E-state index is 12.2. The smallest absolute Gasteiger partial charge is 0.321 e. The molecule has 150 valence electrons. The largest absolute Gasteiger partial charge is 0.353 e. The van der Waals surface area contributed by atoms with Gasteiger partial charge in [-0.05, 0) is 17.0 Å². The number of thiophene rings is 1. The summed E-state index contributed by atoms with van der Waals surface area (Å²) in [6.07, 6.45) is 1.60. The van der Waals surface area contributed by atoms with Crippen LogP contribution in [0.4, 0.5) is 10.6 Å². The second kappa shape index (κ2) is 8.97. The van der Waals surface area contributed by atoms with E-state index in [1.165, 1.54) is 0 Å². The number of fused-ring (bicyclic) bond motifs is 1. The first kappa shape index (κ1) is 19.3. The van der Waals surface area contributed by atoms with Gasteiger partial charge in [0, 0.05) is 32.7 Å². The number of hydrogen-bond acceptors (Lipinski definition) is 7. The lowest BCUT2D eigenvalue weighted by atomic mass is 10.2. The molecule has 3 aromatic rings. The predicted molar refractivity (Wildman–Crippen MR) is 113 cm³/mol. The van der Waals surface area contributed by atoms with Gasteiger partial charge in [0.25, 0.3) is 0 Å². The molecule has 0 bridgehead atoms. The molecule has 0 radical (unpaired) electrons. The summed E-state index contributed by atoms with van der Waals surface area (Å²) in [7, 11) is 0. The molecule has 1 saturated heterocycles. The Labute approximate surface area is 172 Å². The molecule has 1 aromatic carbocycles. The first-order valence-electron chi connectivity index (χ1n) is 9.46.